The van der Waals surface area contributed by atoms with E-state index >= 15 is 0 Å². The lowest BCUT2D eigenvalue weighted by Crippen LogP contribution is -2.25. The SMILES string of the molecule is COc1ccc(CCNC(=O)c2ccc3nnc(-c4ccc(Cl)cc4)n3c2)cc1. The lowest BCUT2D eigenvalue weighted by atomic mass is 10.1. The standard InChI is InChI=1S/C22H19ClN4O2/c1-29-19-9-2-15(3-10-19)12-13-24-22(28)17-6-11-20-25-26-21(27(20)14-17)16-4-7-18(23)8-5-16/h2-11,14H,12-13H2,1H3,(H,24,28). The van der Waals surface area contributed by atoms with Gasteiger partial charge < -0.3 is 10.1 Å². The van der Waals surface area contributed by atoms with E-state index in [4.69, 9.17) is 16.3 Å². The predicted molar refractivity (Wildman–Crippen MR) is 112 cm³/mol. The molecule has 2 aromatic heterocycles. The summed E-state index contributed by atoms with van der Waals surface area (Å²) < 4.78 is 6.96. The maximum Gasteiger partial charge on any atom is 0.252 e. The molecule has 1 N–H and O–H groups in total. The van der Waals surface area contributed by atoms with Crippen molar-refractivity contribution in [2.75, 3.05) is 13.7 Å². The second-order valence-corrected chi connectivity index (χ2v) is 6.97. The second kappa shape index (κ2) is 8.32. The first-order valence-electron chi connectivity index (χ1n) is 9.16. The van der Waals surface area contributed by atoms with Crippen molar-refractivity contribution in [3.8, 4) is 17.1 Å². The van der Waals surface area contributed by atoms with E-state index in [0.717, 1.165) is 23.3 Å². The third-order valence-electron chi connectivity index (χ3n) is 4.63. The zero-order valence-corrected chi connectivity index (χ0v) is 16.6. The molecule has 0 saturated heterocycles. The fraction of sp³-hybridized carbons (Fsp3) is 0.136. The van der Waals surface area contributed by atoms with Crippen LogP contribution in [0.5, 0.6) is 5.75 Å². The molecule has 0 atom stereocenters. The van der Waals surface area contributed by atoms with Gasteiger partial charge in [-0.2, -0.15) is 0 Å². The number of carbonyl (C=O) groups is 1. The number of fused-ring (bicyclic) bond motifs is 1. The summed E-state index contributed by atoms with van der Waals surface area (Å²) >= 11 is 5.96. The number of methoxy groups -OCH3 is 1. The third kappa shape index (κ3) is 4.22. The highest BCUT2D eigenvalue weighted by molar-refractivity contribution is 6.30. The summed E-state index contributed by atoms with van der Waals surface area (Å²) in [5, 5.41) is 12.0. The molecule has 0 aliphatic rings. The molecular formula is C22H19ClN4O2. The first-order valence-corrected chi connectivity index (χ1v) is 9.54. The topological polar surface area (TPSA) is 68.5 Å². The molecule has 0 spiro atoms. The highest BCUT2D eigenvalue weighted by Gasteiger charge is 2.12. The number of hydrogen-bond donors (Lipinski definition) is 1. The van der Waals surface area contributed by atoms with E-state index in [1.54, 1.807) is 37.6 Å². The molecule has 0 saturated carbocycles. The number of carbonyl (C=O) groups excluding carboxylic acids is 1. The van der Waals surface area contributed by atoms with E-state index in [-0.39, 0.29) is 5.91 Å². The van der Waals surface area contributed by atoms with Crippen LogP contribution in [0.15, 0.2) is 66.9 Å². The summed E-state index contributed by atoms with van der Waals surface area (Å²) in [6, 6.07) is 18.7. The van der Waals surface area contributed by atoms with E-state index in [9.17, 15) is 4.79 Å². The van der Waals surface area contributed by atoms with Crippen LogP contribution in [-0.2, 0) is 6.42 Å². The molecule has 2 aromatic carbocycles. The van der Waals surface area contributed by atoms with Gasteiger partial charge in [-0.15, -0.1) is 10.2 Å². The summed E-state index contributed by atoms with van der Waals surface area (Å²) in [6.45, 7) is 0.537. The molecule has 0 aliphatic carbocycles. The van der Waals surface area contributed by atoms with Gasteiger partial charge in [-0.05, 0) is 60.5 Å². The quantitative estimate of drug-likeness (QED) is 0.525. The molecule has 29 heavy (non-hydrogen) atoms. The van der Waals surface area contributed by atoms with Gasteiger partial charge in [-0.1, -0.05) is 23.7 Å². The Morgan fingerprint density at radius 1 is 1.03 bits per heavy atom. The number of amides is 1. The van der Waals surface area contributed by atoms with E-state index in [1.165, 1.54) is 0 Å². The van der Waals surface area contributed by atoms with Crippen molar-refractivity contribution in [3.05, 3.63) is 83.0 Å². The van der Waals surface area contributed by atoms with Gasteiger partial charge in [0.25, 0.3) is 5.91 Å². The minimum atomic E-state index is -0.142. The monoisotopic (exact) mass is 406 g/mol. The van der Waals surface area contributed by atoms with Crippen molar-refractivity contribution in [1.82, 2.24) is 19.9 Å². The lowest BCUT2D eigenvalue weighted by Gasteiger charge is -2.07. The Balaban J connectivity index is 1.47. The number of benzene rings is 2. The summed E-state index contributed by atoms with van der Waals surface area (Å²) in [6.07, 6.45) is 2.49. The second-order valence-electron chi connectivity index (χ2n) is 6.53. The van der Waals surface area contributed by atoms with E-state index < -0.39 is 0 Å². The molecule has 2 heterocycles. The van der Waals surface area contributed by atoms with Crippen molar-refractivity contribution in [2.45, 2.75) is 6.42 Å². The van der Waals surface area contributed by atoms with Gasteiger partial charge in [0.1, 0.15) is 5.75 Å². The molecule has 7 heteroatoms. The maximum atomic E-state index is 12.6. The number of pyridine rings is 1. The zero-order chi connectivity index (χ0) is 20.2. The van der Waals surface area contributed by atoms with Crippen LogP contribution in [0.1, 0.15) is 15.9 Å². The Morgan fingerprint density at radius 2 is 1.79 bits per heavy atom. The Hall–Kier alpha value is -3.38. The molecule has 1 amide bonds. The number of nitrogens with one attached hydrogen (secondary N) is 1. The van der Waals surface area contributed by atoms with Crippen LogP contribution in [0.4, 0.5) is 0 Å². The molecule has 0 fully saturated rings. The van der Waals surface area contributed by atoms with Gasteiger partial charge in [0.2, 0.25) is 0 Å². The number of aromatic nitrogens is 3. The fourth-order valence-electron chi connectivity index (χ4n) is 3.04. The zero-order valence-electron chi connectivity index (χ0n) is 15.8. The van der Waals surface area contributed by atoms with Gasteiger partial charge in [0, 0.05) is 23.3 Å². The van der Waals surface area contributed by atoms with Crippen LogP contribution in [-0.4, -0.2) is 34.2 Å². The molecule has 0 aliphatic heterocycles. The first-order chi connectivity index (χ1) is 14.1. The van der Waals surface area contributed by atoms with Crippen LogP contribution in [0.3, 0.4) is 0 Å². The largest absolute Gasteiger partial charge is 0.497 e. The van der Waals surface area contributed by atoms with E-state index in [1.807, 2.05) is 40.8 Å². The van der Waals surface area contributed by atoms with Crippen LogP contribution in [0.25, 0.3) is 17.0 Å². The van der Waals surface area contributed by atoms with Gasteiger partial charge in [0.15, 0.2) is 11.5 Å². The Labute approximate surface area is 173 Å². The molecule has 6 nitrogen and oxygen atoms in total. The number of halogens is 1. The molecule has 4 rings (SSSR count). The molecule has 4 aromatic rings. The molecule has 146 valence electrons. The summed E-state index contributed by atoms with van der Waals surface area (Å²) in [5.41, 5.74) is 3.22. The predicted octanol–water partition coefficient (Wildman–Crippen LogP) is 4.03. The minimum absolute atomic E-state index is 0.142. The number of rotatable bonds is 6. The average molecular weight is 407 g/mol. The molecular weight excluding hydrogens is 388 g/mol. The molecule has 0 unspecified atom stereocenters. The summed E-state index contributed by atoms with van der Waals surface area (Å²) in [4.78, 5) is 12.6. The minimum Gasteiger partial charge on any atom is -0.497 e. The van der Waals surface area contributed by atoms with Crippen LogP contribution in [0.2, 0.25) is 5.02 Å². The van der Waals surface area contributed by atoms with Gasteiger partial charge >= 0.3 is 0 Å². The molecule has 0 bridgehead atoms. The van der Waals surface area contributed by atoms with Gasteiger partial charge in [-0.25, -0.2) is 0 Å². The first kappa shape index (κ1) is 19.0. The number of hydrogen-bond acceptors (Lipinski definition) is 4. The van der Waals surface area contributed by atoms with Crippen molar-refractivity contribution in [3.63, 3.8) is 0 Å². The number of nitrogens with zero attached hydrogens (tertiary/aromatic N) is 3. The van der Waals surface area contributed by atoms with Crippen molar-refractivity contribution in [2.24, 2.45) is 0 Å². The average Bonchev–Trinajstić information content (AvgIpc) is 3.18. The third-order valence-corrected chi connectivity index (χ3v) is 4.88. The summed E-state index contributed by atoms with van der Waals surface area (Å²) in [5.74, 6) is 1.33. The fourth-order valence-corrected chi connectivity index (χ4v) is 3.16. The summed E-state index contributed by atoms with van der Waals surface area (Å²) in [7, 11) is 1.64. The van der Waals surface area contributed by atoms with Crippen molar-refractivity contribution >= 4 is 23.2 Å². The lowest BCUT2D eigenvalue weighted by molar-refractivity contribution is 0.0953. The molecule has 0 radical (unpaired) electrons. The van der Waals surface area contributed by atoms with Crippen molar-refractivity contribution < 1.29 is 9.53 Å². The van der Waals surface area contributed by atoms with E-state index in [2.05, 4.69) is 15.5 Å². The van der Waals surface area contributed by atoms with Crippen LogP contribution < -0.4 is 10.1 Å². The Morgan fingerprint density at radius 3 is 2.52 bits per heavy atom. The van der Waals surface area contributed by atoms with Crippen LogP contribution >= 0.6 is 11.6 Å². The normalized spacial score (nSPS) is 10.8. The van der Waals surface area contributed by atoms with Crippen LogP contribution in [0, 0.1) is 0 Å². The highest BCUT2D eigenvalue weighted by atomic mass is 35.5. The Kier molecular flexibility index (Phi) is 5.44. The van der Waals surface area contributed by atoms with Gasteiger partial charge in [-0.3, -0.25) is 9.20 Å². The van der Waals surface area contributed by atoms with Gasteiger partial charge in [0.05, 0.1) is 12.7 Å². The number of ether oxygens (including phenoxy) is 1. The Bertz CT molecular complexity index is 1140. The highest BCUT2D eigenvalue weighted by Crippen LogP contribution is 2.21. The smallest absolute Gasteiger partial charge is 0.252 e. The van der Waals surface area contributed by atoms with E-state index in [0.29, 0.717) is 28.6 Å². The van der Waals surface area contributed by atoms with Crippen molar-refractivity contribution in [1.29, 1.82) is 0 Å². The maximum absolute atomic E-state index is 12.6.